The second kappa shape index (κ2) is 5.30. The molecule has 0 aromatic carbocycles. The molecule has 0 unspecified atom stereocenters. The zero-order chi connectivity index (χ0) is 13.8. The van der Waals surface area contributed by atoms with E-state index < -0.39 is 33.4 Å². The van der Waals surface area contributed by atoms with Crippen molar-refractivity contribution in [3.8, 4) is 6.07 Å². The second-order valence-electron chi connectivity index (χ2n) is 2.95. The maximum Gasteiger partial charge on any atom is 0.413 e. The van der Waals surface area contributed by atoms with E-state index >= 15 is 0 Å². The fraction of sp³-hybridized carbons (Fsp3) is 0.250. The fourth-order valence-corrected chi connectivity index (χ4v) is 1.84. The smallest absolute Gasteiger partial charge is 0.277 e. The van der Waals surface area contributed by atoms with Crippen molar-refractivity contribution in [3.05, 3.63) is 24.0 Å². The lowest BCUT2D eigenvalue weighted by atomic mass is 10.4. The van der Waals surface area contributed by atoms with Crippen molar-refractivity contribution in [2.45, 2.75) is 11.1 Å². The van der Waals surface area contributed by atoms with Crippen LogP contribution in [0.4, 0.5) is 13.2 Å². The molecule has 0 saturated carbocycles. The van der Waals surface area contributed by atoms with Crippen LogP contribution in [0.25, 0.3) is 0 Å². The van der Waals surface area contributed by atoms with Gasteiger partial charge in [0.25, 0.3) is 10.0 Å². The summed E-state index contributed by atoms with van der Waals surface area (Å²) in [5, 5.41) is 8.61. The van der Waals surface area contributed by atoms with Gasteiger partial charge in [0.15, 0.2) is 12.3 Å². The highest BCUT2D eigenvalue weighted by Crippen LogP contribution is 2.15. The average molecular weight is 281 g/mol. The predicted molar refractivity (Wildman–Crippen MR) is 51.3 cm³/mol. The van der Waals surface area contributed by atoms with Gasteiger partial charge in [-0.1, -0.05) is 4.89 Å². The third-order valence-electron chi connectivity index (χ3n) is 1.57. The first-order valence-electron chi connectivity index (χ1n) is 4.32. The van der Waals surface area contributed by atoms with E-state index in [0.717, 1.165) is 6.07 Å². The number of nitriles is 1. The predicted octanol–water partition coefficient (Wildman–Crippen LogP) is 0.725. The molecule has 0 spiro atoms. The summed E-state index contributed by atoms with van der Waals surface area (Å²) in [6, 6.07) is 3.74. The Morgan fingerprint density at radius 1 is 1.50 bits per heavy atom. The van der Waals surface area contributed by atoms with Crippen LogP contribution in [0, 0.1) is 11.3 Å². The van der Waals surface area contributed by atoms with Gasteiger partial charge in [0.2, 0.25) is 0 Å². The number of hydrogen-bond acceptors (Lipinski definition) is 5. The topological polar surface area (TPSA) is 92.1 Å². The first kappa shape index (κ1) is 14.4. The van der Waals surface area contributed by atoms with Crippen LogP contribution >= 0.6 is 0 Å². The maximum absolute atomic E-state index is 11.8. The van der Waals surface area contributed by atoms with Gasteiger partial charge in [-0.3, -0.25) is 4.84 Å². The van der Waals surface area contributed by atoms with E-state index in [0.29, 0.717) is 0 Å². The first-order chi connectivity index (χ1) is 8.26. The molecule has 0 aliphatic heterocycles. The SMILES string of the molecule is N#Cc1ncccc1S(=O)(=O)NOCC(F)(F)F. The average Bonchev–Trinajstić information content (AvgIpc) is 2.27. The van der Waals surface area contributed by atoms with Crippen LogP contribution < -0.4 is 4.89 Å². The van der Waals surface area contributed by atoms with Crippen LogP contribution in [0.3, 0.4) is 0 Å². The zero-order valence-corrected chi connectivity index (χ0v) is 9.42. The van der Waals surface area contributed by atoms with Gasteiger partial charge < -0.3 is 0 Å². The van der Waals surface area contributed by atoms with E-state index in [1.54, 1.807) is 0 Å². The summed E-state index contributed by atoms with van der Waals surface area (Å²) >= 11 is 0. The zero-order valence-electron chi connectivity index (χ0n) is 8.60. The van der Waals surface area contributed by atoms with E-state index in [-0.39, 0.29) is 0 Å². The number of nitrogens with one attached hydrogen (secondary N) is 1. The molecule has 98 valence electrons. The van der Waals surface area contributed by atoms with Crippen LogP contribution in [-0.4, -0.2) is 26.2 Å². The van der Waals surface area contributed by atoms with Crippen molar-refractivity contribution < 1.29 is 26.4 Å². The quantitative estimate of drug-likeness (QED) is 0.821. The molecule has 0 aliphatic carbocycles. The summed E-state index contributed by atoms with van der Waals surface area (Å²) in [5.41, 5.74) is -0.444. The monoisotopic (exact) mass is 281 g/mol. The largest absolute Gasteiger partial charge is 0.413 e. The van der Waals surface area contributed by atoms with Gasteiger partial charge in [-0.15, -0.1) is 0 Å². The van der Waals surface area contributed by atoms with Gasteiger partial charge in [-0.05, 0) is 12.1 Å². The van der Waals surface area contributed by atoms with Crippen LogP contribution in [0.1, 0.15) is 5.69 Å². The molecule has 1 rings (SSSR count). The fourth-order valence-electron chi connectivity index (χ4n) is 0.925. The van der Waals surface area contributed by atoms with Crippen molar-refractivity contribution in [2.75, 3.05) is 6.61 Å². The van der Waals surface area contributed by atoms with E-state index in [2.05, 4.69) is 9.82 Å². The van der Waals surface area contributed by atoms with E-state index in [1.165, 1.54) is 23.2 Å². The van der Waals surface area contributed by atoms with Crippen LogP contribution in [0.5, 0.6) is 0 Å². The van der Waals surface area contributed by atoms with Gasteiger partial charge in [-0.25, -0.2) is 13.4 Å². The standard InChI is InChI=1S/C8H6F3N3O3S/c9-8(10,11)5-17-14-18(15,16)7-2-1-3-13-6(7)4-12/h1-3,14H,5H2. The van der Waals surface area contributed by atoms with Crippen LogP contribution in [0.2, 0.25) is 0 Å². The van der Waals surface area contributed by atoms with E-state index in [1.807, 2.05) is 0 Å². The molecule has 1 aromatic rings. The first-order valence-corrected chi connectivity index (χ1v) is 5.80. The number of pyridine rings is 1. The lowest BCUT2D eigenvalue weighted by Crippen LogP contribution is -2.30. The minimum atomic E-state index is -4.67. The lowest BCUT2D eigenvalue weighted by molar-refractivity contribution is -0.181. The molecule has 1 N–H and O–H groups in total. The third-order valence-corrected chi connectivity index (χ3v) is 2.82. The lowest BCUT2D eigenvalue weighted by Gasteiger charge is -2.09. The Morgan fingerprint density at radius 3 is 2.72 bits per heavy atom. The Bertz CT molecular complexity index is 565. The minimum absolute atomic E-state index is 0.444. The summed E-state index contributed by atoms with van der Waals surface area (Å²) in [6.45, 7) is -1.78. The summed E-state index contributed by atoms with van der Waals surface area (Å²) in [7, 11) is -4.38. The van der Waals surface area contributed by atoms with Gasteiger partial charge >= 0.3 is 6.18 Å². The van der Waals surface area contributed by atoms with Crippen molar-refractivity contribution in [2.24, 2.45) is 0 Å². The van der Waals surface area contributed by atoms with Crippen molar-refractivity contribution in [3.63, 3.8) is 0 Å². The molecule has 0 aliphatic rings. The molecule has 0 amide bonds. The summed E-state index contributed by atoms with van der Waals surface area (Å²) in [5.74, 6) is 0. The van der Waals surface area contributed by atoms with Crippen LogP contribution in [0.15, 0.2) is 23.2 Å². The van der Waals surface area contributed by atoms with Crippen molar-refractivity contribution in [1.82, 2.24) is 9.87 Å². The second-order valence-corrected chi connectivity index (χ2v) is 4.57. The number of sulfonamides is 1. The van der Waals surface area contributed by atoms with Crippen molar-refractivity contribution >= 4 is 10.0 Å². The third kappa shape index (κ3) is 3.95. The van der Waals surface area contributed by atoms with Gasteiger partial charge in [0.1, 0.15) is 11.0 Å². The van der Waals surface area contributed by atoms with E-state index in [4.69, 9.17) is 5.26 Å². The molecule has 1 aromatic heterocycles. The molecule has 6 nitrogen and oxygen atoms in total. The maximum atomic E-state index is 11.8. The van der Waals surface area contributed by atoms with Gasteiger partial charge in [0, 0.05) is 6.20 Å². The Morgan fingerprint density at radius 2 is 2.17 bits per heavy atom. The molecule has 0 bridgehead atoms. The van der Waals surface area contributed by atoms with Gasteiger partial charge in [-0.2, -0.15) is 18.4 Å². The number of aromatic nitrogens is 1. The minimum Gasteiger partial charge on any atom is -0.277 e. The molecule has 10 heteroatoms. The van der Waals surface area contributed by atoms with E-state index in [9.17, 15) is 21.6 Å². The number of alkyl halides is 3. The molecule has 1 heterocycles. The molecular formula is C8H6F3N3O3S. The molecule has 18 heavy (non-hydrogen) atoms. The molecule has 0 saturated heterocycles. The highest BCUT2D eigenvalue weighted by molar-refractivity contribution is 7.89. The number of halogens is 3. The molecule has 0 atom stereocenters. The highest BCUT2D eigenvalue weighted by atomic mass is 32.2. The highest BCUT2D eigenvalue weighted by Gasteiger charge is 2.29. The molecule has 0 fully saturated rings. The molecule has 0 radical (unpaired) electrons. The Labute approximate surface area is 100 Å². The van der Waals surface area contributed by atoms with Crippen LogP contribution in [-0.2, 0) is 14.9 Å². The van der Waals surface area contributed by atoms with Crippen molar-refractivity contribution in [1.29, 1.82) is 5.26 Å². The Kier molecular flexibility index (Phi) is 4.23. The molecular weight excluding hydrogens is 275 g/mol. The number of hydrogen-bond donors (Lipinski definition) is 1. The Hall–Kier alpha value is -1.70. The summed E-state index contributed by atoms with van der Waals surface area (Å²) in [4.78, 5) is 7.99. The summed E-state index contributed by atoms with van der Waals surface area (Å²) < 4.78 is 58.3. The van der Waals surface area contributed by atoms with Gasteiger partial charge in [0.05, 0.1) is 0 Å². The number of nitrogens with zero attached hydrogens (tertiary/aromatic N) is 2. The number of rotatable bonds is 4. The Balaban J connectivity index is 2.85. The normalized spacial score (nSPS) is 12.1. The summed E-state index contributed by atoms with van der Waals surface area (Å²) in [6.07, 6.45) is -3.50.